The molecule has 1 rings (SSSR count). The van der Waals surface area contributed by atoms with Gasteiger partial charge in [0.05, 0.1) is 18.1 Å². The van der Waals surface area contributed by atoms with Crippen LogP contribution in [0.3, 0.4) is 0 Å². The van der Waals surface area contributed by atoms with Crippen LogP contribution in [0.2, 0.25) is 0 Å². The predicted octanol–water partition coefficient (Wildman–Crippen LogP) is -1.14. The number of carbonyl (C=O) groups is 1. The van der Waals surface area contributed by atoms with E-state index < -0.39 is 24.2 Å². The molecule has 0 aliphatic heterocycles. The fourth-order valence-electron chi connectivity index (χ4n) is 2.02. The minimum atomic E-state index is -1.23. The van der Waals surface area contributed by atoms with E-state index in [2.05, 4.69) is 5.32 Å². The lowest BCUT2D eigenvalue weighted by Gasteiger charge is -2.38. The highest BCUT2D eigenvalue weighted by molar-refractivity contribution is 5.79. The zero-order chi connectivity index (χ0) is 11.6. The molecule has 0 radical (unpaired) electrons. The molecule has 4 N–H and O–H groups in total. The zero-order valence-corrected chi connectivity index (χ0v) is 9.05. The van der Waals surface area contributed by atoms with Crippen molar-refractivity contribution in [2.45, 2.75) is 38.6 Å². The molecule has 5 atom stereocenters. The smallest absolute Gasteiger partial charge is 0.225 e. The summed E-state index contributed by atoms with van der Waals surface area (Å²) in [5.41, 5.74) is 0. The van der Waals surface area contributed by atoms with Crippen molar-refractivity contribution < 1.29 is 20.1 Å². The van der Waals surface area contributed by atoms with Gasteiger partial charge < -0.3 is 20.6 Å². The van der Waals surface area contributed by atoms with Crippen LogP contribution < -0.4 is 5.32 Å². The van der Waals surface area contributed by atoms with Gasteiger partial charge in [0, 0.05) is 6.54 Å². The van der Waals surface area contributed by atoms with Crippen molar-refractivity contribution >= 4 is 5.91 Å². The van der Waals surface area contributed by atoms with Crippen LogP contribution in [0.1, 0.15) is 20.3 Å². The van der Waals surface area contributed by atoms with E-state index in [1.54, 1.807) is 13.8 Å². The van der Waals surface area contributed by atoms with E-state index in [0.717, 1.165) is 0 Å². The van der Waals surface area contributed by atoms with Gasteiger partial charge in [0.1, 0.15) is 6.10 Å². The third-order valence-corrected chi connectivity index (χ3v) is 3.01. The van der Waals surface area contributed by atoms with Gasteiger partial charge in [-0.1, -0.05) is 6.92 Å². The van der Waals surface area contributed by atoms with Crippen molar-refractivity contribution in [2.75, 3.05) is 6.54 Å². The fraction of sp³-hybridized carbons (Fsp3) is 0.900. The first kappa shape index (κ1) is 12.4. The molecule has 0 aromatic carbocycles. The largest absolute Gasteiger partial charge is 0.390 e. The Morgan fingerprint density at radius 3 is 2.40 bits per heavy atom. The maximum atomic E-state index is 11.5. The van der Waals surface area contributed by atoms with Gasteiger partial charge >= 0.3 is 0 Å². The molecule has 1 amide bonds. The number of hydrogen-bond donors (Lipinski definition) is 4. The Bertz CT molecular complexity index is 233. The fourth-order valence-corrected chi connectivity index (χ4v) is 2.02. The van der Waals surface area contributed by atoms with E-state index in [-0.39, 0.29) is 11.8 Å². The number of aliphatic hydroxyl groups is 3. The van der Waals surface area contributed by atoms with Crippen molar-refractivity contribution in [3.63, 3.8) is 0 Å². The summed E-state index contributed by atoms with van der Waals surface area (Å²) in [7, 11) is 0. The first-order valence-corrected chi connectivity index (χ1v) is 5.31. The number of aliphatic hydroxyl groups excluding tert-OH is 3. The SMILES string of the molecule is CCNC(=O)[C@H]1C[C@H](C)[C@@H](O)[C@H](O)[C@@H]1O. The number of hydrogen-bond acceptors (Lipinski definition) is 4. The molecule has 0 aromatic heterocycles. The first-order chi connectivity index (χ1) is 6.99. The van der Waals surface area contributed by atoms with Crippen LogP contribution in [0.25, 0.3) is 0 Å². The van der Waals surface area contributed by atoms with Crippen molar-refractivity contribution in [1.29, 1.82) is 0 Å². The molecule has 1 fully saturated rings. The van der Waals surface area contributed by atoms with Crippen LogP contribution in [0.15, 0.2) is 0 Å². The molecule has 0 bridgehead atoms. The lowest BCUT2D eigenvalue weighted by atomic mass is 9.76. The van der Waals surface area contributed by atoms with E-state index in [9.17, 15) is 20.1 Å². The summed E-state index contributed by atoms with van der Waals surface area (Å²) >= 11 is 0. The monoisotopic (exact) mass is 217 g/mol. The van der Waals surface area contributed by atoms with Crippen LogP contribution >= 0.6 is 0 Å². The van der Waals surface area contributed by atoms with Crippen LogP contribution in [0.4, 0.5) is 0 Å². The highest BCUT2D eigenvalue weighted by Gasteiger charge is 2.43. The predicted molar refractivity (Wildman–Crippen MR) is 54.0 cm³/mol. The van der Waals surface area contributed by atoms with Gasteiger partial charge in [-0.05, 0) is 19.3 Å². The normalized spacial score (nSPS) is 41.3. The molecule has 0 unspecified atom stereocenters. The quantitative estimate of drug-likeness (QED) is 0.471. The minimum absolute atomic E-state index is 0.184. The molecular weight excluding hydrogens is 198 g/mol. The Balaban J connectivity index is 2.70. The Morgan fingerprint density at radius 2 is 1.87 bits per heavy atom. The highest BCUT2D eigenvalue weighted by atomic mass is 16.4. The van der Waals surface area contributed by atoms with Crippen LogP contribution in [0.5, 0.6) is 0 Å². The molecule has 1 aliphatic rings. The van der Waals surface area contributed by atoms with Gasteiger partial charge in [0.25, 0.3) is 0 Å². The van der Waals surface area contributed by atoms with Gasteiger partial charge in [0.15, 0.2) is 0 Å². The molecule has 0 aromatic rings. The number of amides is 1. The second-order valence-electron chi connectivity index (χ2n) is 4.19. The maximum Gasteiger partial charge on any atom is 0.225 e. The van der Waals surface area contributed by atoms with Gasteiger partial charge in [-0.15, -0.1) is 0 Å². The Morgan fingerprint density at radius 1 is 1.27 bits per heavy atom. The van der Waals surface area contributed by atoms with Gasteiger partial charge in [-0.3, -0.25) is 4.79 Å². The lowest BCUT2D eigenvalue weighted by Crippen LogP contribution is -2.54. The minimum Gasteiger partial charge on any atom is -0.390 e. The van der Waals surface area contributed by atoms with Crippen molar-refractivity contribution in [2.24, 2.45) is 11.8 Å². The highest BCUT2D eigenvalue weighted by Crippen LogP contribution is 2.30. The average molecular weight is 217 g/mol. The number of rotatable bonds is 2. The van der Waals surface area contributed by atoms with E-state index in [1.165, 1.54) is 0 Å². The molecule has 0 saturated heterocycles. The summed E-state index contributed by atoms with van der Waals surface area (Å²) in [6.07, 6.45) is -2.97. The average Bonchev–Trinajstić information content (AvgIpc) is 2.20. The molecule has 5 heteroatoms. The zero-order valence-electron chi connectivity index (χ0n) is 9.05. The molecule has 15 heavy (non-hydrogen) atoms. The summed E-state index contributed by atoms with van der Waals surface area (Å²) in [5, 5.41) is 31.3. The Labute approximate surface area is 89.1 Å². The lowest BCUT2D eigenvalue weighted by molar-refractivity contribution is -0.153. The second kappa shape index (κ2) is 4.92. The Hall–Kier alpha value is -0.650. The summed E-state index contributed by atoms with van der Waals surface area (Å²) in [6.45, 7) is 4.04. The summed E-state index contributed by atoms with van der Waals surface area (Å²) in [4.78, 5) is 11.5. The molecule has 0 spiro atoms. The third-order valence-electron chi connectivity index (χ3n) is 3.01. The van der Waals surface area contributed by atoms with Crippen LogP contribution in [-0.2, 0) is 4.79 Å². The third kappa shape index (κ3) is 2.48. The van der Waals surface area contributed by atoms with E-state index in [4.69, 9.17) is 0 Å². The number of carbonyl (C=O) groups excluding carboxylic acids is 1. The topological polar surface area (TPSA) is 89.8 Å². The van der Waals surface area contributed by atoms with Crippen molar-refractivity contribution in [3.8, 4) is 0 Å². The van der Waals surface area contributed by atoms with Crippen LogP contribution in [0, 0.1) is 11.8 Å². The molecule has 0 heterocycles. The van der Waals surface area contributed by atoms with Crippen LogP contribution in [-0.4, -0.2) is 46.1 Å². The maximum absolute atomic E-state index is 11.5. The molecule has 5 nitrogen and oxygen atoms in total. The standard InChI is InChI=1S/C10H19NO4/c1-3-11-10(15)6-4-5(2)7(12)9(14)8(6)13/h5-9,12-14H,3-4H2,1-2H3,(H,11,15)/t5-,6-,7+,8+,9-/m0/s1. The first-order valence-electron chi connectivity index (χ1n) is 5.31. The van der Waals surface area contributed by atoms with Gasteiger partial charge in [0.2, 0.25) is 5.91 Å². The summed E-state index contributed by atoms with van der Waals surface area (Å²) < 4.78 is 0. The number of nitrogens with one attached hydrogen (secondary N) is 1. The van der Waals surface area contributed by atoms with Gasteiger partial charge in [-0.2, -0.15) is 0 Å². The molecule has 1 saturated carbocycles. The Kier molecular flexibility index (Phi) is 4.07. The van der Waals surface area contributed by atoms with Gasteiger partial charge in [-0.25, -0.2) is 0 Å². The van der Waals surface area contributed by atoms with E-state index in [0.29, 0.717) is 13.0 Å². The summed E-state index contributed by atoms with van der Waals surface area (Å²) in [5.74, 6) is -1.07. The van der Waals surface area contributed by atoms with Crippen molar-refractivity contribution in [1.82, 2.24) is 5.32 Å². The molecule has 1 aliphatic carbocycles. The van der Waals surface area contributed by atoms with E-state index >= 15 is 0 Å². The van der Waals surface area contributed by atoms with Crippen molar-refractivity contribution in [3.05, 3.63) is 0 Å². The molecular formula is C10H19NO4. The van der Waals surface area contributed by atoms with E-state index in [1.807, 2.05) is 0 Å². The second-order valence-corrected chi connectivity index (χ2v) is 4.19. The molecule has 88 valence electrons. The summed E-state index contributed by atoms with van der Waals surface area (Å²) in [6, 6.07) is 0.